The van der Waals surface area contributed by atoms with Crippen LogP contribution in [0.4, 0.5) is 5.69 Å². The highest BCUT2D eigenvalue weighted by Crippen LogP contribution is 2.17. The molecular weight excluding hydrogens is 244 g/mol. The predicted molar refractivity (Wildman–Crippen MR) is 72.7 cm³/mol. The minimum absolute atomic E-state index is 0.168. The molecule has 102 valence electrons. The number of methoxy groups -OCH3 is 1. The Morgan fingerprint density at radius 3 is 2.84 bits per heavy atom. The highest BCUT2D eigenvalue weighted by atomic mass is 16.5. The summed E-state index contributed by atoms with van der Waals surface area (Å²) in [4.78, 5) is 17.9. The maximum Gasteiger partial charge on any atom is 0.311 e. The van der Waals surface area contributed by atoms with E-state index in [4.69, 9.17) is 10.5 Å². The van der Waals surface area contributed by atoms with Crippen LogP contribution in [0.25, 0.3) is 5.65 Å². The number of hydrogen-bond donors (Lipinski definition) is 1. The zero-order valence-corrected chi connectivity index (χ0v) is 11.4. The number of carbonyl (C=O) groups excluding carboxylic acids is 1. The van der Waals surface area contributed by atoms with E-state index in [2.05, 4.69) is 4.98 Å². The van der Waals surface area contributed by atoms with Crippen LogP contribution >= 0.6 is 0 Å². The van der Waals surface area contributed by atoms with Crippen LogP contribution in [0.1, 0.15) is 11.4 Å². The summed E-state index contributed by atoms with van der Waals surface area (Å²) in [6.45, 7) is 0.678. The Labute approximate surface area is 111 Å². The van der Waals surface area contributed by atoms with Gasteiger partial charge in [0.2, 0.25) is 0 Å². The van der Waals surface area contributed by atoms with Crippen LogP contribution in [0.15, 0.2) is 18.3 Å². The van der Waals surface area contributed by atoms with Gasteiger partial charge in [0.25, 0.3) is 0 Å². The smallest absolute Gasteiger partial charge is 0.311 e. The fourth-order valence-electron chi connectivity index (χ4n) is 1.98. The Morgan fingerprint density at radius 1 is 1.47 bits per heavy atom. The Hall–Kier alpha value is -2.08. The molecule has 19 heavy (non-hydrogen) atoms. The van der Waals surface area contributed by atoms with Gasteiger partial charge in [-0.3, -0.25) is 4.79 Å². The first kappa shape index (κ1) is 13.4. The number of hydrogen-bond acceptors (Lipinski definition) is 5. The van der Waals surface area contributed by atoms with Crippen molar-refractivity contribution in [2.24, 2.45) is 0 Å². The van der Waals surface area contributed by atoms with E-state index in [-0.39, 0.29) is 12.4 Å². The van der Waals surface area contributed by atoms with Crippen LogP contribution < -0.4 is 5.73 Å². The van der Waals surface area contributed by atoms with Gasteiger partial charge in [0.15, 0.2) is 0 Å². The molecule has 0 fully saturated rings. The third kappa shape index (κ3) is 2.85. The average molecular weight is 262 g/mol. The molecular formula is C13H18N4O2. The molecule has 0 aliphatic carbocycles. The topological polar surface area (TPSA) is 72.9 Å². The number of pyridine rings is 1. The lowest BCUT2D eigenvalue weighted by Crippen LogP contribution is -2.15. The van der Waals surface area contributed by atoms with Crippen LogP contribution in [0.2, 0.25) is 0 Å². The Morgan fingerprint density at radius 2 is 2.21 bits per heavy atom. The van der Waals surface area contributed by atoms with Crippen molar-refractivity contribution < 1.29 is 9.53 Å². The number of esters is 1. The van der Waals surface area contributed by atoms with Gasteiger partial charge in [-0.05, 0) is 26.2 Å². The van der Waals surface area contributed by atoms with Crippen molar-refractivity contribution in [3.05, 3.63) is 29.7 Å². The first-order valence-corrected chi connectivity index (χ1v) is 5.98. The quantitative estimate of drug-likeness (QED) is 0.821. The molecule has 0 saturated heterocycles. The minimum atomic E-state index is -0.295. The number of nitrogens with zero attached hydrogens (tertiary/aromatic N) is 3. The normalized spacial score (nSPS) is 11.2. The van der Waals surface area contributed by atoms with E-state index in [0.717, 1.165) is 17.0 Å². The monoisotopic (exact) mass is 262 g/mol. The van der Waals surface area contributed by atoms with Gasteiger partial charge < -0.3 is 19.8 Å². The highest BCUT2D eigenvalue weighted by Gasteiger charge is 2.16. The molecule has 0 aliphatic rings. The van der Waals surface area contributed by atoms with Gasteiger partial charge in [0.1, 0.15) is 5.65 Å². The van der Waals surface area contributed by atoms with E-state index < -0.39 is 0 Å². The zero-order valence-electron chi connectivity index (χ0n) is 11.4. The molecule has 2 rings (SSSR count). The number of anilines is 1. The van der Waals surface area contributed by atoms with Crippen molar-refractivity contribution in [1.82, 2.24) is 14.3 Å². The highest BCUT2D eigenvalue weighted by molar-refractivity contribution is 5.72. The number of nitrogens with two attached hydrogens (primary N) is 1. The van der Waals surface area contributed by atoms with Crippen molar-refractivity contribution in [2.45, 2.75) is 13.0 Å². The van der Waals surface area contributed by atoms with Crippen molar-refractivity contribution in [3.63, 3.8) is 0 Å². The second-order valence-electron chi connectivity index (χ2n) is 4.69. The molecule has 6 heteroatoms. The van der Waals surface area contributed by atoms with Crippen LogP contribution in [0, 0.1) is 0 Å². The standard InChI is InChI=1S/C13H18N4O2/c1-16(2)8-11-10(6-13(18)19-3)15-12-5-4-9(14)7-17(11)12/h4-5,7H,6,8,14H2,1-3H3. The summed E-state index contributed by atoms with van der Waals surface area (Å²) in [7, 11) is 5.31. The van der Waals surface area contributed by atoms with Gasteiger partial charge in [-0.2, -0.15) is 0 Å². The molecule has 6 nitrogen and oxygen atoms in total. The molecule has 0 amide bonds. The summed E-state index contributed by atoms with van der Waals surface area (Å²) in [6.07, 6.45) is 1.99. The lowest BCUT2D eigenvalue weighted by Gasteiger charge is -2.11. The molecule has 0 spiro atoms. The summed E-state index contributed by atoms with van der Waals surface area (Å²) < 4.78 is 6.63. The number of fused-ring (bicyclic) bond motifs is 1. The van der Waals surface area contributed by atoms with Crippen molar-refractivity contribution >= 4 is 17.3 Å². The van der Waals surface area contributed by atoms with Crippen molar-refractivity contribution in [1.29, 1.82) is 0 Å². The fraction of sp³-hybridized carbons (Fsp3) is 0.385. The average Bonchev–Trinajstić information content (AvgIpc) is 2.66. The molecule has 2 aromatic rings. The molecule has 0 bridgehead atoms. The predicted octanol–water partition coefficient (Wildman–Crippen LogP) is 0.694. The summed E-state index contributed by atoms with van der Waals surface area (Å²) in [6, 6.07) is 3.64. The van der Waals surface area contributed by atoms with Crippen LogP contribution in [-0.4, -0.2) is 41.5 Å². The second kappa shape index (κ2) is 5.27. The molecule has 2 N–H and O–H groups in total. The van der Waals surface area contributed by atoms with Crippen molar-refractivity contribution in [2.75, 3.05) is 26.9 Å². The lowest BCUT2D eigenvalue weighted by atomic mass is 10.2. The van der Waals surface area contributed by atoms with E-state index in [0.29, 0.717) is 12.2 Å². The summed E-state index contributed by atoms with van der Waals surface area (Å²) in [5, 5.41) is 0. The number of ether oxygens (including phenoxy) is 1. The summed E-state index contributed by atoms with van der Waals surface area (Å²) >= 11 is 0. The lowest BCUT2D eigenvalue weighted by molar-refractivity contribution is -0.139. The number of carbonyl (C=O) groups is 1. The van der Waals surface area contributed by atoms with Crippen LogP contribution in [0.3, 0.4) is 0 Å². The first-order chi connectivity index (χ1) is 9.01. The molecule has 0 unspecified atom stereocenters. The molecule has 2 aromatic heterocycles. The molecule has 0 aromatic carbocycles. The number of imidazole rings is 1. The van der Waals surface area contributed by atoms with Crippen LogP contribution in [-0.2, 0) is 22.5 Å². The maximum atomic E-state index is 11.5. The van der Waals surface area contributed by atoms with Gasteiger partial charge in [0.05, 0.1) is 24.9 Å². The van der Waals surface area contributed by atoms with Gasteiger partial charge in [-0.1, -0.05) is 0 Å². The number of aromatic nitrogens is 2. The van der Waals surface area contributed by atoms with E-state index in [1.165, 1.54) is 7.11 Å². The summed E-state index contributed by atoms with van der Waals surface area (Å²) in [5.41, 5.74) is 8.93. The molecule has 0 aliphatic heterocycles. The first-order valence-electron chi connectivity index (χ1n) is 5.98. The Kier molecular flexibility index (Phi) is 3.71. The fourth-order valence-corrected chi connectivity index (χ4v) is 1.98. The SMILES string of the molecule is COC(=O)Cc1nc2ccc(N)cn2c1CN(C)C. The second-order valence-corrected chi connectivity index (χ2v) is 4.69. The zero-order chi connectivity index (χ0) is 14.0. The van der Waals surface area contributed by atoms with Gasteiger partial charge in [-0.25, -0.2) is 4.98 Å². The Bertz CT molecular complexity index is 604. The molecule has 0 radical (unpaired) electrons. The van der Waals surface area contributed by atoms with Crippen LogP contribution in [0.5, 0.6) is 0 Å². The minimum Gasteiger partial charge on any atom is -0.469 e. The third-order valence-electron chi connectivity index (χ3n) is 2.83. The van der Waals surface area contributed by atoms with Gasteiger partial charge >= 0.3 is 5.97 Å². The third-order valence-corrected chi connectivity index (χ3v) is 2.83. The molecule has 2 heterocycles. The van der Waals surface area contributed by atoms with Gasteiger partial charge in [-0.15, -0.1) is 0 Å². The summed E-state index contributed by atoms with van der Waals surface area (Å²) in [5.74, 6) is -0.295. The van der Waals surface area contributed by atoms with E-state index in [1.54, 1.807) is 6.07 Å². The van der Waals surface area contributed by atoms with Crippen molar-refractivity contribution in [3.8, 4) is 0 Å². The number of nitrogen functional groups attached to an aromatic ring is 1. The molecule has 0 atom stereocenters. The molecule has 0 saturated carbocycles. The number of rotatable bonds is 4. The van der Waals surface area contributed by atoms with E-state index in [9.17, 15) is 4.79 Å². The Balaban J connectivity index is 2.51. The largest absolute Gasteiger partial charge is 0.469 e. The van der Waals surface area contributed by atoms with E-state index >= 15 is 0 Å². The van der Waals surface area contributed by atoms with E-state index in [1.807, 2.05) is 35.7 Å². The van der Waals surface area contributed by atoms with Gasteiger partial charge in [0, 0.05) is 18.4 Å². The maximum absolute atomic E-state index is 11.5.